The van der Waals surface area contributed by atoms with E-state index in [4.69, 9.17) is 9.15 Å². The minimum absolute atomic E-state index is 0.517. The molecule has 1 aromatic rings. The molecule has 1 saturated heterocycles. The van der Waals surface area contributed by atoms with Gasteiger partial charge in [-0.15, -0.1) is 0 Å². The van der Waals surface area contributed by atoms with Crippen LogP contribution in [0.4, 0.5) is 0 Å². The van der Waals surface area contributed by atoms with Crippen molar-refractivity contribution in [3.8, 4) is 0 Å². The van der Waals surface area contributed by atoms with E-state index in [0.29, 0.717) is 10.7 Å². The van der Waals surface area contributed by atoms with Crippen LogP contribution in [0.5, 0.6) is 0 Å². The SMILES string of the molecule is Cc1oc(Br)nc1C1CCOCC1. The van der Waals surface area contributed by atoms with E-state index < -0.39 is 0 Å². The van der Waals surface area contributed by atoms with Crippen molar-refractivity contribution < 1.29 is 9.15 Å². The van der Waals surface area contributed by atoms with Crippen LogP contribution in [0.15, 0.2) is 9.22 Å². The fourth-order valence-electron chi connectivity index (χ4n) is 1.72. The molecule has 0 atom stereocenters. The summed E-state index contributed by atoms with van der Waals surface area (Å²) in [6.07, 6.45) is 2.11. The fourth-order valence-corrected chi connectivity index (χ4v) is 2.16. The summed E-state index contributed by atoms with van der Waals surface area (Å²) < 4.78 is 10.6. The molecule has 0 bridgehead atoms. The summed E-state index contributed by atoms with van der Waals surface area (Å²) >= 11 is 3.24. The van der Waals surface area contributed by atoms with Gasteiger partial charge in [-0.25, -0.2) is 4.98 Å². The largest absolute Gasteiger partial charge is 0.436 e. The smallest absolute Gasteiger partial charge is 0.264 e. The van der Waals surface area contributed by atoms with E-state index in [1.165, 1.54) is 0 Å². The van der Waals surface area contributed by atoms with Gasteiger partial charge in [-0.2, -0.15) is 0 Å². The van der Waals surface area contributed by atoms with Crippen LogP contribution in [0.2, 0.25) is 0 Å². The summed E-state index contributed by atoms with van der Waals surface area (Å²) in [5.41, 5.74) is 1.09. The summed E-state index contributed by atoms with van der Waals surface area (Å²) in [7, 11) is 0. The second-order valence-electron chi connectivity index (χ2n) is 3.29. The fraction of sp³-hybridized carbons (Fsp3) is 0.667. The standard InChI is InChI=1S/C9H12BrNO2/c1-6-8(11-9(10)13-6)7-2-4-12-5-3-7/h7H,2-5H2,1H3. The zero-order chi connectivity index (χ0) is 9.26. The monoisotopic (exact) mass is 245 g/mol. The molecule has 1 aromatic heterocycles. The Kier molecular flexibility index (Phi) is 2.69. The Bertz CT molecular complexity index is 292. The molecule has 0 saturated carbocycles. The van der Waals surface area contributed by atoms with Gasteiger partial charge in [-0.1, -0.05) is 0 Å². The van der Waals surface area contributed by atoms with E-state index in [1.54, 1.807) is 0 Å². The van der Waals surface area contributed by atoms with E-state index in [2.05, 4.69) is 20.9 Å². The predicted octanol–water partition coefficient (Wildman–Crippen LogP) is 2.64. The molecule has 1 aliphatic rings. The number of hydrogen-bond donors (Lipinski definition) is 0. The van der Waals surface area contributed by atoms with E-state index >= 15 is 0 Å². The second kappa shape index (κ2) is 3.80. The first-order valence-corrected chi connectivity index (χ1v) is 5.27. The van der Waals surface area contributed by atoms with Crippen LogP contribution in [0.25, 0.3) is 0 Å². The topological polar surface area (TPSA) is 35.3 Å². The predicted molar refractivity (Wildman–Crippen MR) is 51.7 cm³/mol. The molecule has 3 nitrogen and oxygen atoms in total. The molecule has 0 N–H and O–H groups in total. The Morgan fingerprint density at radius 3 is 2.62 bits per heavy atom. The third-order valence-corrected chi connectivity index (χ3v) is 2.75. The Morgan fingerprint density at radius 2 is 2.08 bits per heavy atom. The summed E-state index contributed by atoms with van der Waals surface area (Å²) in [4.78, 5) is 4.92. The van der Waals surface area contributed by atoms with Crippen molar-refractivity contribution in [3.05, 3.63) is 16.3 Å². The van der Waals surface area contributed by atoms with Gasteiger partial charge in [0.15, 0.2) is 0 Å². The van der Waals surface area contributed by atoms with Crippen LogP contribution in [-0.4, -0.2) is 18.2 Å². The zero-order valence-corrected chi connectivity index (χ0v) is 9.13. The van der Waals surface area contributed by atoms with Crippen LogP contribution >= 0.6 is 15.9 Å². The van der Waals surface area contributed by atoms with E-state index in [-0.39, 0.29) is 0 Å². The maximum atomic E-state index is 5.33. The lowest BCUT2D eigenvalue weighted by Crippen LogP contribution is -2.14. The molecular weight excluding hydrogens is 234 g/mol. The minimum Gasteiger partial charge on any atom is -0.436 e. The van der Waals surface area contributed by atoms with Gasteiger partial charge in [-0.3, -0.25) is 0 Å². The normalized spacial score (nSPS) is 19.2. The van der Waals surface area contributed by atoms with Gasteiger partial charge in [0.05, 0.1) is 5.69 Å². The first kappa shape index (κ1) is 9.21. The van der Waals surface area contributed by atoms with Crippen molar-refractivity contribution in [1.82, 2.24) is 4.98 Å². The van der Waals surface area contributed by atoms with Crippen LogP contribution in [-0.2, 0) is 4.74 Å². The highest BCUT2D eigenvalue weighted by molar-refractivity contribution is 9.10. The number of rotatable bonds is 1. The number of nitrogens with zero attached hydrogens (tertiary/aromatic N) is 1. The molecule has 0 radical (unpaired) electrons. The lowest BCUT2D eigenvalue weighted by molar-refractivity contribution is 0.0843. The highest BCUT2D eigenvalue weighted by atomic mass is 79.9. The number of ether oxygens (including phenoxy) is 1. The third-order valence-electron chi connectivity index (χ3n) is 2.41. The van der Waals surface area contributed by atoms with Crippen molar-refractivity contribution in [3.63, 3.8) is 0 Å². The van der Waals surface area contributed by atoms with Crippen molar-refractivity contribution in [2.24, 2.45) is 0 Å². The van der Waals surface area contributed by atoms with Crippen molar-refractivity contribution in [2.45, 2.75) is 25.7 Å². The molecular formula is C9H12BrNO2. The van der Waals surface area contributed by atoms with Gasteiger partial charge in [0, 0.05) is 35.1 Å². The van der Waals surface area contributed by atoms with Crippen molar-refractivity contribution >= 4 is 15.9 Å². The first-order chi connectivity index (χ1) is 6.27. The highest BCUT2D eigenvalue weighted by Crippen LogP contribution is 2.29. The Hall–Kier alpha value is -0.350. The summed E-state index contributed by atoms with van der Waals surface area (Å²) in [5.74, 6) is 1.45. The maximum absolute atomic E-state index is 5.33. The minimum atomic E-state index is 0.517. The average Bonchev–Trinajstić information content (AvgIpc) is 2.47. The van der Waals surface area contributed by atoms with Gasteiger partial charge < -0.3 is 9.15 Å². The van der Waals surface area contributed by atoms with E-state index in [1.807, 2.05) is 6.92 Å². The number of oxazole rings is 1. The first-order valence-electron chi connectivity index (χ1n) is 4.48. The van der Waals surface area contributed by atoms with Crippen LogP contribution in [0.1, 0.15) is 30.2 Å². The van der Waals surface area contributed by atoms with Gasteiger partial charge in [0.25, 0.3) is 4.80 Å². The Morgan fingerprint density at radius 1 is 1.38 bits per heavy atom. The van der Waals surface area contributed by atoms with E-state index in [9.17, 15) is 0 Å². The Labute approximate surface area is 85.6 Å². The van der Waals surface area contributed by atoms with Crippen LogP contribution in [0.3, 0.4) is 0 Å². The molecule has 1 fully saturated rings. The lowest BCUT2D eigenvalue weighted by Gasteiger charge is -2.20. The molecule has 4 heteroatoms. The van der Waals surface area contributed by atoms with Crippen molar-refractivity contribution in [2.75, 3.05) is 13.2 Å². The molecule has 2 heterocycles. The van der Waals surface area contributed by atoms with Gasteiger partial charge in [0.1, 0.15) is 5.76 Å². The lowest BCUT2D eigenvalue weighted by atomic mass is 9.96. The summed E-state index contributed by atoms with van der Waals surface area (Å²) in [6.45, 7) is 3.64. The molecule has 0 aliphatic carbocycles. The third kappa shape index (κ3) is 1.94. The quantitative estimate of drug-likeness (QED) is 0.764. The second-order valence-corrected chi connectivity index (χ2v) is 3.97. The summed E-state index contributed by atoms with van der Waals surface area (Å²) in [5, 5.41) is 0. The molecule has 0 spiro atoms. The van der Waals surface area contributed by atoms with Crippen molar-refractivity contribution in [1.29, 1.82) is 0 Å². The Balaban J connectivity index is 2.18. The molecule has 13 heavy (non-hydrogen) atoms. The zero-order valence-electron chi connectivity index (χ0n) is 7.55. The molecule has 1 aliphatic heterocycles. The molecule has 0 amide bonds. The summed E-state index contributed by atoms with van der Waals surface area (Å²) in [6, 6.07) is 0. The number of hydrogen-bond acceptors (Lipinski definition) is 3. The molecule has 0 aromatic carbocycles. The van der Waals surface area contributed by atoms with Gasteiger partial charge in [-0.05, 0) is 19.8 Å². The molecule has 0 unspecified atom stereocenters. The van der Waals surface area contributed by atoms with Crippen LogP contribution in [0, 0.1) is 6.92 Å². The number of aryl methyl sites for hydroxylation is 1. The van der Waals surface area contributed by atoms with Gasteiger partial charge in [0.2, 0.25) is 0 Å². The molecule has 72 valence electrons. The number of aromatic nitrogens is 1. The highest BCUT2D eigenvalue weighted by Gasteiger charge is 2.21. The van der Waals surface area contributed by atoms with Gasteiger partial charge >= 0.3 is 0 Å². The number of halogens is 1. The average molecular weight is 246 g/mol. The van der Waals surface area contributed by atoms with Crippen LogP contribution < -0.4 is 0 Å². The van der Waals surface area contributed by atoms with E-state index in [0.717, 1.165) is 37.5 Å². The molecule has 2 rings (SSSR count). The maximum Gasteiger partial charge on any atom is 0.264 e.